The fourth-order valence-corrected chi connectivity index (χ4v) is 8.43. The van der Waals surface area contributed by atoms with Gasteiger partial charge in [-0.15, -0.1) is 0 Å². The van der Waals surface area contributed by atoms with E-state index in [2.05, 4.69) is 20.4 Å². The van der Waals surface area contributed by atoms with Crippen molar-refractivity contribution in [3.05, 3.63) is 12.2 Å². The summed E-state index contributed by atoms with van der Waals surface area (Å²) in [6.45, 7) is 12.2. The van der Waals surface area contributed by atoms with Gasteiger partial charge in [0.05, 0.1) is 0 Å². The first-order valence-corrected chi connectivity index (χ1v) is 11.7. The molecule has 0 aromatic carbocycles. The number of ether oxygens (including phenoxy) is 2. The molecule has 5 heteroatoms. The summed E-state index contributed by atoms with van der Waals surface area (Å²) in [4.78, 5) is 23.6. The van der Waals surface area contributed by atoms with Crippen LogP contribution in [0.1, 0.15) is 85.5 Å². The van der Waals surface area contributed by atoms with E-state index in [9.17, 15) is 14.7 Å². The van der Waals surface area contributed by atoms with Crippen molar-refractivity contribution in [2.75, 3.05) is 6.61 Å². The van der Waals surface area contributed by atoms with Gasteiger partial charge in [-0.3, -0.25) is 9.59 Å². The van der Waals surface area contributed by atoms with Crippen LogP contribution in [-0.2, 0) is 19.1 Å². The van der Waals surface area contributed by atoms with Gasteiger partial charge >= 0.3 is 11.9 Å². The molecule has 0 radical (unpaired) electrons. The normalized spacial score (nSPS) is 47.2. The third-order valence-electron chi connectivity index (χ3n) is 9.96. The van der Waals surface area contributed by atoms with E-state index in [0.29, 0.717) is 12.3 Å². The van der Waals surface area contributed by atoms with Crippen molar-refractivity contribution in [1.82, 2.24) is 0 Å². The van der Waals surface area contributed by atoms with Gasteiger partial charge in [-0.1, -0.05) is 26.0 Å². The molecule has 0 aromatic rings. The summed E-state index contributed by atoms with van der Waals surface area (Å²) in [7, 11) is 0. The van der Waals surface area contributed by atoms with Gasteiger partial charge in [-0.2, -0.15) is 0 Å². The van der Waals surface area contributed by atoms with E-state index in [1.165, 1.54) is 19.4 Å². The Kier molecular flexibility index (Phi) is 5.16. The highest BCUT2D eigenvalue weighted by Gasteiger charge is 2.81. The summed E-state index contributed by atoms with van der Waals surface area (Å²) in [6, 6.07) is 0. The van der Waals surface area contributed by atoms with E-state index in [-0.39, 0.29) is 52.4 Å². The van der Waals surface area contributed by atoms with Crippen LogP contribution in [0.4, 0.5) is 0 Å². The average molecular weight is 419 g/mol. The number of hydrogen-bond acceptors (Lipinski definition) is 5. The number of hydrogen-bond donors (Lipinski definition) is 1. The van der Waals surface area contributed by atoms with Gasteiger partial charge in [0.15, 0.2) is 0 Å². The monoisotopic (exact) mass is 418 g/mol. The van der Waals surface area contributed by atoms with Crippen LogP contribution in [0.15, 0.2) is 12.2 Å². The topological polar surface area (TPSA) is 72.8 Å². The second kappa shape index (κ2) is 7.08. The Hall–Kier alpha value is -1.36. The number of carbonyl (C=O) groups is 2. The molecule has 4 saturated carbocycles. The van der Waals surface area contributed by atoms with E-state index in [4.69, 9.17) is 9.47 Å². The second-order valence-corrected chi connectivity index (χ2v) is 11.0. The van der Waals surface area contributed by atoms with Crippen molar-refractivity contribution < 1.29 is 24.2 Å². The number of fused-ring (bicyclic) bond motifs is 3. The number of aliphatic hydroxyl groups is 1. The fraction of sp³-hybridized carbons (Fsp3) is 0.840. The number of allylic oxidation sites excluding steroid dienone is 1. The van der Waals surface area contributed by atoms with Crippen molar-refractivity contribution in [2.45, 2.75) is 97.7 Å². The maximum atomic E-state index is 12.0. The van der Waals surface area contributed by atoms with Crippen molar-refractivity contribution in [3.8, 4) is 0 Å². The summed E-state index contributed by atoms with van der Waals surface area (Å²) < 4.78 is 11.5. The van der Waals surface area contributed by atoms with Crippen LogP contribution in [0, 0.1) is 27.6 Å². The van der Waals surface area contributed by atoms with Crippen molar-refractivity contribution in [1.29, 1.82) is 0 Å². The third kappa shape index (κ3) is 2.83. The van der Waals surface area contributed by atoms with Gasteiger partial charge in [0.25, 0.3) is 0 Å². The maximum Gasteiger partial charge on any atom is 0.302 e. The first kappa shape index (κ1) is 21.9. The Morgan fingerprint density at radius 3 is 2.43 bits per heavy atom. The van der Waals surface area contributed by atoms with E-state index >= 15 is 0 Å². The van der Waals surface area contributed by atoms with Gasteiger partial charge in [0, 0.05) is 32.3 Å². The minimum absolute atomic E-state index is 0.0683. The quantitative estimate of drug-likeness (QED) is 0.523. The van der Waals surface area contributed by atoms with Crippen LogP contribution >= 0.6 is 0 Å². The standard InChI is InChI=1S/C25H38O5/c1-16-6-7-20-22(16,4)10-11-25(15-24(20,25)12-13-26)23(5)9-8-19(29-17(2)27)14-21(23)30-18(3)28/h19-21,26H,1,6-15H2,2-5H3/t19-,20+,21-,22+,23-,24+,25-/m0/s1. The molecule has 4 rings (SSSR count). The summed E-state index contributed by atoms with van der Waals surface area (Å²) in [5.74, 6) is -0.00362. The molecule has 30 heavy (non-hydrogen) atoms. The molecule has 0 heterocycles. The van der Waals surface area contributed by atoms with E-state index in [0.717, 1.165) is 51.4 Å². The van der Waals surface area contributed by atoms with Crippen LogP contribution in [0.2, 0.25) is 0 Å². The van der Waals surface area contributed by atoms with E-state index in [1.807, 2.05) is 0 Å². The molecule has 5 nitrogen and oxygen atoms in total. The van der Waals surface area contributed by atoms with Crippen LogP contribution in [0.3, 0.4) is 0 Å². The van der Waals surface area contributed by atoms with Crippen LogP contribution in [0.5, 0.6) is 0 Å². The zero-order valence-corrected chi connectivity index (χ0v) is 19.1. The molecule has 168 valence electrons. The van der Waals surface area contributed by atoms with Crippen molar-refractivity contribution >= 4 is 11.9 Å². The number of rotatable bonds is 5. The lowest BCUT2D eigenvalue weighted by Crippen LogP contribution is -2.54. The SMILES string of the molecule is C=C1CC[C@H]2[C@@]3(CCO)C[C@]3([C@@]3(C)CC[C@H](OC(C)=O)C[C@@H]3OC(C)=O)CC[C@]12C. The largest absolute Gasteiger partial charge is 0.462 e. The van der Waals surface area contributed by atoms with E-state index < -0.39 is 0 Å². The van der Waals surface area contributed by atoms with Crippen LogP contribution < -0.4 is 0 Å². The molecule has 0 amide bonds. The number of esters is 2. The highest BCUT2D eigenvalue weighted by atomic mass is 16.6. The molecule has 4 aliphatic carbocycles. The molecule has 0 saturated heterocycles. The molecule has 0 unspecified atom stereocenters. The molecule has 4 aliphatic rings. The second-order valence-electron chi connectivity index (χ2n) is 11.0. The van der Waals surface area contributed by atoms with Crippen LogP contribution in [0.25, 0.3) is 0 Å². The maximum absolute atomic E-state index is 12.0. The minimum Gasteiger partial charge on any atom is -0.462 e. The first-order valence-electron chi connectivity index (χ1n) is 11.7. The summed E-state index contributed by atoms with van der Waals surface area (Å²) >= 11 is 0. The highest BCUT2D eigenvalue weighted by Crippen LogP contribution is 2.87. The van der Waals surface area contributed by atoms with Crippen LogP contribution in [-0.4, -0.2) is 35.9 Å². The Labute approximate surface area is 180 Å². The van der Waals surface area contributed by atoms with Crippen molar-refractivity contribution in [3.63, 3.8) is 0 Å². The van der Waals surface area contributed by atoms with Gasteiger partial charge < -0.3 is 14.6 Å². The molecular formula is C25H38O5. The highest BCUT2D eigenvalue weighted by molar-refractivity contribution is 5.67. The Morgan fingerprint density at radius 1 is 1.10 bits per heavy atom. The predicted molar refractivity (Wildman–Crippen MR) is 113 cm³/mol. The predicted octanol–water partition coefficient (Wildman–Crippen LogP) is 4.57. The molecular weight excluding hydrogens is 380 g/mol. The fourth-order valence-electron chi connectivity index (χ4n) is 8.43. The number of aliphatic hydroxyl groups excluding tert-OH is 1. The molecule has 0 bridgehead atoms. The summed E-state index contributed by atoms with van der Waals surface area (Å²) in [5.41, 5.74) is 1.53. The lowest BCUT2D eigenvalue weighted by molar-refractivity contribution is -0.180. The van der Waals surface area contributed by atoms with Gasteiger partial charge in [0.2, 0.25) is 0 Å². The molecule has 0 spiro atoms. The van der Waals surface area contributed by atoms with Gasteiger partial charge in [-0.25, -0.2) is 0 Å². The number of carbonyl (C=O) groups excluding carboxylic acids is 2. The Morgan fingerprint density at radius 2 is 1.80 bits per heavy atom. The molecule has 7 atom stereocenters. The molecule has 1 N–H and O–H groups in total. The summed E-state index contributed by atoms with van der Waals surface area (Å²) in [6.07, 6.45) is 8.16. The average Bonchev–Trinajstić information content (AvgIpc) is 3.23. The van der Waals surface area contributed by atoms with Gasteiger partial charge in [-0.05, 0) is 73.5 Å². The third-order valence-corrected chi connectivity index (χ3v) is 9.96. The first-order chi connectivity index (χ1) is 14.0. The Balaban J connectivity index is 1.69. The zero-order valence-electron chi connectivity index (χ0n) is 19.1. The van der Waals surface area contributed by atoms with Crippen molar-refractivity contribution in [2.24, 2.45) is 27.6 Å². The minimum atomic E-state index is -0.276. The lowest BCUT2D eigenvalue weighted by Gasteiger charge is -2.56. The molecule has 0 aromatic heterocycles. The summed E-state index contributed by atoms with van der Waals surface area (Å²) in [5, 5.41) is 10.1. The smallest absolute Gasteiger partial charge is 0.302 e. The lowest BCUT2D eigenvalue weighted by atomic mass is 9.50. The Bertz CT molecular complexity index is 761. The van der Waals surface area contributed by atoms with E-state index in [1.54, 1.807) is 0 Å². The molecule has 0 aliphatic heterocycles. The molecule has 4 fully saturated rings. The van der Waals surface area contributed by atoms with Gasteiger partial charge in [0.1, 0.15) is 12.2 Å². The zero-order chi connectivity index (χ0) is 21.9.